The highest BCUT2D eigenvalue weighted by Gasteiger charge is 2.31. The maximum atomic E-state index is 13.5. The fourth-order valence-corrected chi connectivity index (χ4v) is 5.03. The number of carboxylic acids is 1. The van der Waals surface area contributed by atoms with Crippen LogP contribution in [-0.2, 0) is 16.1 Å². The van der Waals surface area contributed by atoms with Crippen LogP contribution >= 0.6 is 0 Å². The van der Waals surface area contributed by atoms with Gasteiger partial charge in [-0.15, -0.1) is 12.3 Å². The fraction of sp³-hybridized carbons (Fsp3) is 0.344. The molecule has 0 saturated carbocycles. The van der Waals surface area contributed by atoms with E-state index in [1.165, 1.54) is 5.56 Å². The van der Waals surface area contributed by atoms with Gasteiger partial charge in [0.05, 0.1) is 17.4 Å². The summed E-state index contributed by atoms with van der Waals surface area (Å²) in [5, 5.41) is 13.1. The fourth-order valence-electron chi connectivity index (χ4n) is 5.03. The molecule has 4 rings (SSSR count). The maximum absolute atomic E-state index is 13.5. The van der Waals surface area contributed by atoms with Crippen molar-refractivity contribution in [1.82, 2.24) is 4.90 Å². The van der Waals surface area contributed by atoms with Crippen molar-refractivity contribution in [2.45, 2.75) is 63.6 Å². The number of hydrogen-bond donors (Lipinski definition) is 2. The van der Waals surface area contributed by atoms with Crippen LogP contribution in [0.5, 0.6) is 0 Å². The van der Waals surface area contributed by atoms with E-state index in [1.54, 1.807) is 0 Å². The first-order chi connectivity index (χ1) is 18.6. The Kier molecular flexibility index (Phi) is 9.66. The van der Waals surface area contributed by atoms with E-state index in [2.05, 4.69) is 40.4 Å². The lowest BCUT2D eigenvalue weighted by Gasteiger charge is -2.24. The molecule has 2 atom stereocenters. The average molecular weight is 510 g/mol. The van der Waals surface area contributed by atoms with Gasteiger partial charge in [0.15, 0.2) is 0 Å². The van der Waals surface area contributed by atoms with E-state index in [4.69, 9.17) is 11.4 Å². The zero-order chi connectivity index (χ0) is 26.7. The number of terminal acetylenes is 1. The number of anilines is 1. The Hall–Kier alpha value is -3.95. The molecule has 6 nitrogen and oxygen atoms in total. The molecule has 1 aliphatic carbocycles. The van der Waals surface area contributed by atoms with Crippen LogP contribution in [-0.4, -0.2) is 46.2 Å². The van der Waals surface area contributed by atoms with E-state index in [0.29, 0.717) is 30.7 Å². The van der Waals surface area contributed by atoms with Gasteiger partial charge in [0, 0.05) is 18.5 Å². The molecule has 0 aromatic heterocycles. The number of rotatable bonds is 11. The number of amides is 1. The summed E-state index contributed by atoms with van der Waals surface area (Å²) in [7, 11) is 0. The number of unbranched alkanes of at least 4 members (excludes halogenated alkanes) is 1. The van der Waals surface area contributed by atoms with Crippen LogP contribution < -0.4 is 5.32 Å². The normalized spacial score (nSPS) is 18.4. The summed E-state index contributed by atoms with van der Waals surface area (Å²) in [6.07, 6.45) is 16.5. The van der Waals surface area contributed by atoms with Gasteiger partial charge in [0.25, 0.3) is 0 Å². The lowest BCUT2D eigenvalue weighted by Crippen LogP contribution is -2.39. The first-order valence-electron chi connectivity index (χ1n) is 13.4. The number of likely N-dealkylation sites (tertiary alicyclic amines) is 1. The predicted molar refractivity (Wildman–Crippen MR) is 152 cm³/mol. The quantitative estimate of drug-likeness (QED) is 0.234. The summed E-state index contributed by atoms with van der Waals surface area (Å²) in [6, 6.07) is 16.6. The van der Waals surface area contributed by atoms with E-state index in [9.17, 15) is 14.7 Å². The van der Waals surface area contributed by atoms with E-state index in [-0.39, 0.29) is 11.9 Å². The van der Waals surface area contributed by atoms with Crippen molar-refractivity contribution >= 4 is 23.3 Å². The van der Waals surface area contributed by atoms with Crippen molar-refractivity contribution in [3.63, 3.8) is 0 Å². The first-order valence-corrected chi connectivity index (χ1v) is 13.4. The number of carbonyl (C=O) groups is 2. The monoisotopic (exact) mass is 509 g/mol. The van der Waals surface area contributed by atoms with Crippen molar-refractivity contribution in [3.8, 4) is 12.3 Å². The van der Waals surface area contributed by atoms with Crippen LogP contribution in [0.25, 0.3) is 0 Å². The molecular weight excluding hydrogens is 474 g/mol. The Bertz CT molecular complexity index is 1260. The van der Waals surface area contributed by atoms with Gasteiger partial charge >= 0.3 is 5.97 Å². The lowest BCUT2D eigenvalue weighted by molar-refractivity contribution is -0.138. The molecule has 1 aliphatic heterocycles. The second-order valence-corrected chi connectivity index (χ2v) is 9.72. The van der Waals surface area contributed by atoms with Gasteiger partial charge < -0.3 is 10.4 Å². The number of para-hydroxylation sites is 1. The number of carbonyl (C=O) groups excluding carboxylic acids is 1. The molecule has 2 aromatic rings. The van der Waals surface area contributed by atoms with E-state index < -0.39 is 12.0 Å². The van der Waals surface area contributed by atoms with Crippen molar-refractivity contribution in [2.24, 2.45) is 4.99 Å². The molecule has 2 aromatic carbocycles. The van der Waals surface area contributed by atoms with Gasteiger partial charge in [-0.25, -0.2) is 4.79 Å². The number of nitrogens with zero attached hydrogens (tertiary/aromatic N) is 2. The van der Waals surface area contributed by atoms with Gasteiger partial charge in [0.2, 0.25) is 5.91 Å². The number of benzene rings is 2. The summed E-state index contributed by atoms with van der Waals surface area (Å²) in [4.78, 5) is 32.6. The van der Waals surface area contributed by atoms with Crippen molar-refractivity contribution in [2.75, 3.05) is 11.9 Å². The molecule has 0 radical (unpaired) electrons. The standard InChI is InChI=1S/C32H35N3O3/c1-2-3-6-20-28(32(37)38)33-30(25-16-9-5-10-17-25)26-18-11-12-19-27(26)34-31(36)29-21-13-22-35(29)23-24-14-7-4-8-15-24/h1,4,7-9,11-12,14-19,28-29H,3,5-6,10,13,20-23H2,(H,34,36)(H,37,38)/t28-,29+/m1/s1. The highest BCUT2D eigenvalue weighted by molar-refractivity contribution is 6.19. The molecule has 38 heavy (non-hydrogen) atoms. The zero-order valence-electron chi connectivity index (χ0n) is 21.7. The number of hydrogen-bond acceptors (Lipinski definition) is 4. The maximum Gasteiger partial charge on any atom is 0.328 e. The molecular formula is C32H35N3O3. The second-order valence-electron chi connectivity index (χ2n) is 9.72. The van der Waals surface area contributed by atoms with Crippen LogP contribution in [0.15, 0.2) is 83.4 Å². The van der Waals surface area contributed by atoms with Crippen LogP contribution in [0, 0.1) is 12.3 Å². The predicted octanol–water partition coefficient (Wildman–Crippen LogP) is 5.61. The van der Waals surface area contributed by atoms with Crippen molar-refractivity contribution in [1.29, 1.82) is 0 Å². The number of aliphatic carboxylic acids is 1. The summed E-state index contributed by atoms with van der Waals surface area (Å²) < 4.78 is 0. The Morgan fingerprint density at radius 1 is 1.13 bits per heavy atom. The summed E-state index contributed by atoms with van der Waals surface area (Å²) in [6.45, 7) is 1.60. The Morgan fingerprint density at radius 2 is 1.92 bits per heavy atom. The summed E-state index contributed by atoms with van der Waals surface area (Å²) >= 11 is 0. The Labute approximate surface area is 225 Å². The average Bonchev–Trinajstić information content (AvgIpc) is 3.40. The number of carboxylic acid groups (broad SMARTS) is 1. The van der Waals surface area contributed by atoms with E-state index in [1.807, 2.05) is 48.5 Å². The van der Waals surface area contributed by atoms with Gasteiger partial charge in [-0.05, 0) is 62.3 Å². The minimum Gasteiger partial charge on any atom is -0.480 e. The Balaban J connectivity index is 1.61. The SMILES string of the molecule is C#CCCC[C@@H](N=C(C1=CCCC=C1)c1ccccc1NC(=O)[C@@H]1CCCN1Cc1ccccc1)C(=O)O. The van der Waals surface area contributed by atoms with Crippen molar-refractivity contribution in [3.05, 3.63) is 89.5 Å². The molecule has 1 fully saturated rings. The van der Waals surface area contributed by atoms with Crippen LogP contribution in [0.4, 0.5) is 5.69 Å². The minimum atomic E-state index is -0.982. The highest BCUT2D eigenvalue weighted by atomic mass is 16.4. The molecule has 0 unspecified atom stereocenters. The first kappa shape index (κ1) is 27.1. The minimum absolute atomic E-state index is 0.0535. The molecule has 1 heterocycles. The summed E-state index contributed by atoms with van der Waals surface area (Å²) in [5.41, 5.74) is 3.98. The second kappa shape index (κ2) is 13.6. The van der Waals surface area contributed by atoms with Gasteiger partial charge in [-0.1, -0.05) is 66.8 Å². The van der Waals surface area contributed by atoms with Crippen LogP contribution in [0.1, 0.15) is 56.1 Å². The molecule has 1 amide bonds. The number of aliphatic imine (C=N–C) groups is 1. The third-order valence-electron chi connectivity index (χ3n) is 6.97. The van der Waals surface area contributed by atoms with Gasteiger partial charge in [-0.2, -0.15) is 0 Å². The molecule has 0 bridgehead atoms. The molecule has 196 valence electrons. The highest BCUT2D eigenvalue weighted by Crippen LogP contribution is 2.27. The molecule has 2 aliphatic rings. The zero-order valence-corrected chi connectivity index (χ0v) is 21.7. The molecule has 1 saturated heterocycles. The molecule has 6 heteroatoms. The van der Waals surface area contributed by atoms with Crippen LogP contribution in [0.2, 0.25) is 0 Å². The molecule has 0 spiro atoms. The lowest BCUT2D eigenvalue weighted by atomic mass is 9.95. The molecule has 2 N–H and O–H groups in total. The third-order valence-corrected chi connectivity index (χ3v) is 6.97. The van der Waals surface area contributed by atoms with Crippen molar-refractivity contribution < 1.29 is 14.7 Å². The topological polar surface area (TPSA) is 82.0 Å². The number of nitrogens with one attached hydrogen (secondary N) is 1. The van der Waals surface area contributed by atoms with Gasteiger partial charge in [0.1, 0.15) is 6.04 Å². The van der Waals surface area contributed by atoms with E-state index in [0.717, 1.165) is 49.9 Å². The van der Waals surface area contributed by atoms with Crippen LogP contribution in [0.3, 0.4) is 0 Å². The smallest absolute Gasteiger partial charge is 0.328 e. The van der Waals surface area contributed by atoms with Gasteiger partial charge in [-0.3, -0.25) is 14.7 Å². The number of allylic oxidation sites excluding steroid dienone is 4. The Morgan fingerprint density at radius 3 is 2.66 bits per heavy atom. The largest absolute Gasteiger partial charge is 0.480 e. The summed E-state index contributed by atoms with van der Waals surface area (Å²) in [5.74, 6) is 1.54. The van der Waals surface area contributed by atoms with E-state index >= 15 is 0 Å². The third kappa shape index (κ3) is 7.08.